The third-order valence-electron chi connectivity index (χ3n) is 5.81. The molecule has 3 heterocycles. The Kier molecular flexibility index (Phi) is 6.48. The third kappa shape index (κ3) is 4.22. The Morgan fingerprint density at radius 3 is 2.75 bits per heavy atom. The van der Waals surface area contributed by atoms with Crippen molar-refractivity contribution in [3.63, 3.8) is 0 Å². The zero-order chi connectivity index (χ0) is 22.8. The van der Waals surface area contributed by atoms with Gasteiger partial charge in [0.2, 0.25) is 0 Å². The average Bonchev–Trinajstić information content (AvgIpc) is 3.44. The van der Waals surface area contributed by atoms with Crippen LogP contribution in [0.15, 0.2) is 34.6 Å². The summed E-state index contributed by atoms with van der Waals surface area (Å²) in [6.07, 6.45) is 1.76. The van der Waals surface area contributed by atoms with Gasteiger partial charge < -0.3 is 19.7 Å². The zero-order valence-corrected chi connectivity index (χ0v) is 19.9. The fraction of sp³-hybridized carbons (Fsp3) is 0.435. The predicted octanol–water partition coefficient (Wildman–Crippen LogP) is 3.24. The molecule has 2 atom stereocenters. The molecule has 0 bridgehead atoms. The van der Waals surface area contributed by atoms with Crippen LogP contribution in [0.3, 0.4) is 0 Å². The van der Waals surface area contributed by atoms with Crippen LogP contribution in [0.25, 0.3) is 11.4 Å². The summed E-state index contributed by atoms with van der Waals surface area (Å²) in [5.74, 6) is 1.41. The molecule has 32 heavy (non-hydrogen) atoms. The van der Waals surface area contributed by atoms with E-state index in [0.717, 1.165) is 28.6 Å². The Bertz CT molecular complexity index is 1150. The standard InChI is InChI=1S/C23H29N5O3S/c1-6-31-19-13-28(23-24-9-10-32-23)12-18(19)26-20-15(3)25-21(27(4)22(20)29)17-8-7-16(30-5)11-14(17)2/h7-11,18-19,26H,6,12-13H2,1-5H3/t18?,19-/m0/s1. The second kappa shape index (κ2) is 9.30. The van der Waals surface area contributed by atoms with E-state index in [4.69, 9.17) is 14.5 Å². The van der Waals surface area contributed by atoms with Crippen molar-refractivity contribution in [2.45, 2.75) is 32.9 Å². The van der Waals surface area contributed by atoms with Gasteiger partial charge in [-0.2, -0.15) is 0 Å². The molecule has 0 radical (unpaired) electrons. The van der Waals surface area contributed by atoms with Crippen LogP contribution in [0.4, 0.5) is 10.8 Å². The van der Waals surface area contributed by atoms with Crippen LogP contribution in [0.2, 0.25) is 0 Å². The van der Waals surface area contributed by atoms with E-state index in [0.29, 0.717) is 30.4 Å². The lowest BCUT2D eigenvalue weighted by Crippen LogP contribution is -2.38. The summed E-state index contributed by atoms with van der Waals surface area (Å²) in [6, 6.07) is 5.73. The summed E-state index contributed by atoms with van der Waals surface area (Å²) < 4.78 is 12.9. The van der Waals surface area contributed by atoms with Gasteiger partial charge in [0.05, 0.1) is 24.9 Å². The summed E-state index contributed by atoms with van der Waals surface area (Å²) in [6.45, 7) is 7.90. The van der Waals surface area contributed by atoms with Crippen LogP contribution in [0.5, 0.6) is 5.75 Å². The van der Waals surface area contributed by atoms with E-state index in [1.807, 2.05) is 44.4 Å². The number of anilines is 2. The lowest BCUT2D eigenvalue weighted by molar-refractivity contribution is 0.0720. The van der Waals surface area contributed by atoms with Crippen LogP contribution >= 0.6 is 11.3 Å². The van der Waals surface area contributed by atoms with Crippen molar-refractivity contribution in [2.75, 3.05) is 37.0 Å². The van der Waals surface area contributed by atoms with E-state index in [1.165, 1.54) is 0 Å². The molecule has 1 N–H and O–H groups in total. The number of ether oxygens (including phenoxy) is 2. The fourth-order valence-electron chi connectivity index (χ4n) is 4.14. The van der Waals surface area contributed by atoms with Crippen molar-refractivity contribution in [3.8, 4) is 17.1 Å². The first-order valence-electron chi connectivity index (χ1n) is 10.7. The lowest BCUT2D eigenvalue weighted by atomic mass is 10.1. The van der Waals surface area contributed by atoms with Crippen molar-refractivity contribution in [3.05, 3.63) is 51.4 Å². The maximum Gasteiger partial charge on any atom is 0.277 e. The van der Waals surface area contributed by atoms with E-state index < -0.39 is 0 Å². The molecule has 170 valence electrons. The molecule has 4 rings (SSSR count). The number of hydrogen-bond donors (Lipinski definition) is 1. The third-order valence-corrected chi connectivity index (χ3v) is 6.64. The van der Waals surface area contributed by atoms with Crippen molar-refractivity contribution in [1.82, 2.24) is 14.5 Å². The number of thiazole rings is 1. The minimum atomic E-state index is -0.106. The topological polar surface area (TPSA) is 81.5 Å². The zero-order valence-electron chi connectivity index (χ0n) is 19.1. The summed E-state index contributed by atoms with van der Waals surface area (Å²) >= 11 is 1.61. The van der Waals surface area contributed by atoms with Crippen molar-refractivity contribution in [1.29, 1.82) is 0 Å². The second-order valence-corrected chi connectivity index (χ2v) is 8.78. The van der Waals surface area contributed by atoms with Gasteiger partial charge >= 0.3 is 0 Å². The van der Waals surface area contributed by atoms with Crippen LogP contribution in [-0.4, -0.2) is 53.5 Å². The molecular formula is C23H29N5O3S. The van der Waals surface area contributed by atoms with Gasteiger partial charge in [-0.25, -0.2) is 9.97 Å². The van der Waals surface area contributed by atoms with Crippen LogP contribution in [0.1, 0.15) is 18.2 Å². The molecule has 1 aromatic carbocycles. The van der Waals surface area contributed by atoms with Gasteiger partial charge in [-0.15, -0.1) is 11.3 Å². The molecular weight excluding hydrogens is 426 g/mol. The number of nitrogens with one attached hydrogen (secondary N) is 1. The molecule has 1 unspecified atom stereocenters. The highest BCUT2D eigenvalue weighted by atomic mass is 32.1. The molecule has 0 amide bonds. The largest absolute Gasteiger partial charge is 0.497 e. The lowest BCUT2D eigenvalue weighted by Gasteiger charge is -2.22. The van der Waals surface area contributed by atoms with E-state index in [1.54, 1.807) is 36.3 Å². The maximum absolute atomic E-state index is 13.4. The van der Waals surface area contributed by atoms with Gasteiger partial charge in [0.25, 0.3) is 5.56 Å². The Labute approximate surface area is 191 Å². The van der Waals surface area contributed by atoms with Crippen molar-refractivity contribution >= 4 is 22.2 Å². The molecule has 0 saturated carbocycles. The Morgan fingerprint density at radius 2 is 2.09 bits per heavy atom. The monoisotopic (exact) mass is 455 g/mol. The highest BCUT2D eigenvalue weighted by Gasteiger charge is 2.35. The smallest absolute Gasteiger partial charge is 0.277 e. The predicted molar refractivity (Wildman–Crippen MR) is 128 cm³/mol. The number of aryl methyl sites for hydroxylation is 2. The summed E-state index contributed by atoms with van der Waals surface area (Å²) in [5.41, 5.74) is 2.98. The van der Waals surface area contributed by atoms with E-state index in [-0.39, 0.29) is 17.7 Å². The highest BCUT2D eigenvalue weighted by Crippen LogP contribution is 2.28. The van der Waals surface area contributed by atoms with Gasteiger partial charge in [-0.3, -0.25) is 9.36 Å². The van der Waals surface area contributed by atoms with Gasteiger partial charge in [0.1, 0.15) is 17.3 Å². The molecule has 1 fully saturated rings. The summed E-state index contributed by atoms with van der Waals surface area (Å²) in [4.78, 5) is 24.8. The minimum Gasteiger partial charge on any atom is -0.497 e. The van der Waals surface area contributed by atoms with Gasteiger partial charge in [0, 0.05) is 43.9 Å². The molecule has 2 aromatic heterocycles. The summed E-state index contributed by atoms with van der Waals surface area (Å²) in [7, 11) is 3.40. The molecule has 3 aromatic rings. The number of rotatable bonds is 7. The molecule has 1 saturated heterocycles. The normalized spacial score (nSPS) is 18.2. The number of hydrogen-bond acceptors (Lipinski definition) is 8. The highest BCUT2D eigenvalue weighted by molar-refractivity contribution is 7.13. The van der Waals surface area contributed by atoms with Crippen LogP contribution in [0, 0.1) is 13.8 Å². The van der Waals surface area contributed by atoms with Gasteiger partial charge in [-0.05, 0) is 44.5 Å². The summed E-state index contributed by atoms with van der Waals surface area (Å²) in [5, 5.41) is 6.38. The molecule has 1 aliphatic rings. The van der Waals surface area contributed by atoms with Gasteiger partial charge in [-0.1, -0.05) is 0 Å². The number of methoxy groups -OCH3 is 1. The Balaban J connectivity index is 1.64. The Hall–Kier alpha value is -2.91. The van der Waals surface area contributed by atoms with E-state index >= 15 is 0 Å². The molecule has 0 aliphatic carbocycles. The SMILES string of the molecule is CCO[C@H]1CN(c2nccs2)CC1Nc1c(C)nc(-c2ccc(OC)cc2C)n(C)c1=O. The first kappa shape index (κ1) is 22.3. The fourth-order valence-corrected chi connectivity index (χ4v) is 4.80. The van der Waals surface area contributed by atoms with Crippen LogP contribution in [-0.2, 0) is 11.8 Å². The van der Waals surface area contributed by atoms with Gasteiger partial charge in [0.15, 0.2) is 5.13 Å². The molecule has 0 spiro atoms. The van der Waals surface area contributed by atoms with Crippen molar-refractivity contribution < 1.29 is 9.47 Å². The Morgan fingerprint density at radius 1 is 1.28 bits per heavy atom. The van der Waals surface area contributed by atoms with Crippen LogP contribution < -0.4 is 20.5 Å². The quantitative estimate of drug-likeness (QED) is 0.586. The minimum absolute atomic E-state index is 0.0411. The first-order chi connectivity index (χ1) is 15.4. The molecule has 1 aliphatic heterocycles. The second-order valence-electron chi connectivity index (χ2n) is 7.91. The van der Waals surface area contributed by atoms with E-state index in [9.17, 15) is 4.79 Å². The molecule has 9 heteroatoms. The number of aromatic nitrogens is 3. The van der Waals surface area contributed by atoms with E-state index in [2.05, 4.69) is 15.2 Å². The molecule has 8 nitrogen and oxygen atoms in total. The maximum atomic E-state index is 13.4. The first-order valence-corrected chi connectivity index (χ1v) is 11.6. The number of benzene rings is 1. The number of nitrogens with zero attached hydrogens (tertiary/aromatic N) is 4. The van der Waals surface area contributed by atoms with Crippen molar-refractivity contribution in [2.24, 2.45) is 7.05 Å². The average molecular weight is 456 g/mol.